The lowest BCUT2D eigenvalue weighted by atomic mass is 9.99. The normalized spacial score (nSPS) is 12.3. The van der Waals surface area contributed by atoms with Crippen LogP contribution in [0.1, 0.15) is 51.6 Å². The number of nitrogens with one attached hydrogen (secondary N) is 2. The number of carbonyl (C=O) groups excluding carboxylic acids is 4. The van der Waals surface area contributed by atoms with Crippen LogP contribution in [0.5, 0.6) is 0 Å². The van der Waals surface area contributed by atoms with Crippen LogP contribution in [0.25, 0.3) is 0 Å². The van der Waals surface area contributed by atoms with Gasteiger partial charge < -0.3 is 10.1 Å². The van der Waals surface area contributed by atoms with Gasteiger partial charge in [0.15, 0.2) is 5.69 Å². The van der Waals surface area contributed by atoms with Crippen LogP contribution < -0.4 is 5.32 Å². The molecule has 1 aliphatic rings. The molecule has 3 rings (SSSR count). The summed E-state index contributed by atoms with van der Waals surface area (Å²) in [6.45, 7) is 3.47. The maximum atomic E-state index is 12.3. The Hall–Kier alpha value is -3.20. The molecular weight excluding hydrogens is 394 g/mol. The summed E-state index contributed by atoms with van der Waals surface area (Å²) >= 11 is 1.30. The van der Waals surface area contributed by atoms with E-state index in [0.29, 0.717) is 4.91 Å². The second-order valence-electron chi connectivity index (χ2n) is 5.91. The first-order valence-electron chi connectivity index (χ1n) is 8.81. The van der Waals surface area contributed by atoms with Gasteiger partial charge in [0.25, 0.3) is 0 Å². The van der Waals surface area contributed by atoms with Crippen LogP contribution in [0.15, 0.2) is 41.3 Å². The van der Waals surface area contributed by atoms with Crippen molar-refractivity contribution < 1.29 is 23.9 Å². The molecule has 0 radical (unpaired) electrons. The van der Waals surface area contributed by atoms with Gasteiger partial charge in [-0.25, -0.2) is 4.79 Å². The van der Waals surface area contributed by atoms with Crippen LogP contribution in [0.4, 0.5) is 5.69 Å². The number of carbonyl (C=O) groups is 4. The van der Waals surface area contributed by atoms with E-state index in [1.807, 2.05) is 37.3 Å². The van der Waals surface area contributed by atoms with E-state index in [-0.39, 0.29) is 34.4 Å². The van der Waals surface area contributed by atoms with Crippen molar-refractivity contribution in [1.29, 1.82) is 0 Å². The number of hydrogen-bond donors (Lipinski definition) is 2. The molecule has 0 atom stereocenters. The van der Waals surface area contributed by atoms with E-state index in [1.165, 1.54) is 31.9 Å². The van der Waals surface area contributed by atoms with Gasteiger partial charge in [0.05, 0.1) is 17.6 Å². The van der Waals surface area contributed by atoms with Crippen LogP contribution in [0.3, 0.4) is 0 Å². The SMILES string of the molecule is CC(=O)Nc1ccccc1.CCCSC1=CC(=O)c2n[nH]c(C(=O)OC)c2C1=O. The standard InChI is InChI=1S/C12H12N2O4S.C8H9NO/c1-3-4-19-7-5-6(15)9-8(11(7)16)10(14-13-9)12(17)18-2;1-7(10)9-8-5-3-2-4-6-8/h5H,3-4H2,1-2H3,(H,13,14);2-6H,1H3,(H,9,10). The van der Waals surface area contributed by atoms with E-state index in [4.69, 9.17) is 0 Å². The van der Waals surface area contributed by atoms with Crippen LogP contribution >= 0.6 is 11.8 Å². The van der Waals surface area contributed by atoms with Crippen molar-refractivity contribution >= 4 is 40.9 Å². The van der Waals surface area contributed by atoms with Crippen molar-refractivity contribution in [1.82, 2.24) is 10.2 Å². The molecule has 29 heavy (non-hydrogen) atoms. The van der Waals surface area contributed by atoms with E-state index in [1.54, 1.807) is 0 Å². The number of amides is 1. The van der Waals surface area contributed by atoms with Gasteiger partial charge in [-0.15, -0.1) is 11.8 Å². The second kappa shape index (κ2) is 10.4. The fourth-order valence-corrected chi connectivity index (χ4v) is 3.26. The zero-order valence-corrected chi connectivity index (χ0v) is 17.1. The molecular formula is C20H21N3O5S. The third kappa shape index (κ3) is 5.64. The Labute approximate surface area is 172 Å². The molecule has 2 aromatic rings. The average Bonchev–Trinajstić information content (AvgIpc) is 3.16. The molecule has 1 aromatic carbocycles. The number of thioether (sulfide) groups is 1. The minimum atomic E-state index is -0.711. The number of ether oxygens (including phenoxy) is 1. The molecule has 0 bridgehead atoms. The number of ketones is 2. The molecule has 0 saturated heterocycles. The number of benzene rings is 1. The predicted molar refractivity (Wildman–Crippen MR) is 110 cm³/mol. The average molecular weight is 415 g/mol. The molecule has 2 N–H and O–H groups in total. The van der Waals surface area contributed by atoms with E-state index in [2.05, 4.69) is 20.3 Å². The van der Waals surface area contributed by atoms with Gasteiger partial charge in [-0.05, 0) is 24.3 Å². The molecule has 152 valence electrons. The number of aromatic amines is 1. The van der Waals surface area contributed by atoms with Crippen LogP contribution in [-0.2, 0) is 9.53 Å². The first-order valence-corrected chi connectivity index (χ1v) is 9.80. The fourth-order valence-electron chi connectivity index (χ4n) is 2.41. The maximum Gasteiger partial charge on any atom is 0.356 e. The highest BCUT2D eigenvalue weighted by Crippen LogP contribution is 2.29. The van der Waals surface area contributed by atoms with Gasteiger partial charge >= 0.3 is 5.97 Å². The highest BCUT2D eigenvalue weighted by molar-refractivity contribution is 8.04. The van der Waals surface area contributed by atoms with E-state index < -0.39 is 5.97 Å². The van der Waals surface area contributed by atoms with Gasteiger partial charge in [-0.1, -0.05) is 25.1 Å². The van der Waals surface area contributed by atoms with E-state index in [0.717, 1.165) is 17.9 Å². The molecule has 0 fully saturated rings. The number of nitrogens with zero attached hydrogens (tertiary/aromatic N) is 1. The van der Waals surface area contributed by atoms with Gasteiger partial charge in [-0.2, -0.15) is 5.10 Å². The Bertz CT molecular complexity index is 950. The summed E-state index contributed by atoms with van der Waals surface area (Å²) in [6.07, 6.45) is 2.15. The highest BCUT2D eigenvalue weighted by atomic mass is 32.2. The zero-order valence-electron chi connectivity index (χ0n) is 16.3. The fraction of sp³-hybridized carbons (Fsp3) is 0.250. The topological polar surface area (TPSA) is 118 Å². The number of hydrogen-bond acceptors (Lipinski definition) is 7. The molecule has 1 amide bonds. The number of esters is 1. The second-order valence-corrected chi connectivity index (χ2v) is 7.05. The summed E-state index contributed by atoms with van der Waals surface area (Å²) in [7, 11) is 1.20. The summed E-state index contributed by atoms with van der Waals surface area (Å²) in [4.78, 5) is 46.5. The summed E-state index contributed by atoms with van der Waals surface area (Å²) in [5, 5.41) is 8.78. The quantitative estimate of drug-likeness (QED) is 0.720. The molecule has 0 saturated carbocycles. The minimum Gasteiger partial charge on any atom is -0.464 e. The maximum absolute atomic E-state index is 12.3. The lowest BCUT2D eigenvalue weighted by molar-refractivity contribution is -0.114. The Morgan fingerprint density at radius 1 is 1.21 bits per heavy atom. The van der Waals surface area contributed by atoms with E-state index in [9.17, 15) is 19.2 Å². The summed E-state index contributed by atoms with van der Waals surface area (Å²) < 4.78 is 4.56. The lowest BCUT2D eigenvalue weighted by Crippen LogP contribution is -2.18. The molecule has 8 nitrogen and oxygen atoms in total. The summed E-state index contributed by atoms with van der Waals surface area (Å²) in [5.41, 5.74) is 0.762. The van der Waals surface area contributed by atoms with Crippen LogP contribution in [-0.4, -0.2) is 46.5 Å². The largest absolute Gasteiger partial charge is 0.464 e. The van der Waals surface area contributed by atoms with Crippen molar-refractivity contribution in [3.8, 4) is 0 Å². The number of H-pyrrole nitrogens is 1. The minimum absolute atomic E-state index is 0.0120. The molecule has 1 aromatic heterocycles. The van der Waals surface area contributed by atoms with Gasteiger partial charge in [-0.3, -0.25) is 19.5 Å². The lowest BCUT2D eigenvalue weighted by Gasteiger charge is -2.10. The number of Topliss-reactive ketones (excluding diaryl/α,β-unsaturated/α-hetero) is 1. The van der Waals surface area contributed by atoms with Gasteiger partial charge in [0, 0.05) is 18.7 Å². The smallest absolute Gasteiger partial charge is 0.356 e. The number of methoxy groups -OCH3 is 1. The van der Waals surface area contributed by atoms with Crippen molar-refractivity contribution in [2.45, 2.75) is 20.3 Å². The van der Waals surface area contributed by atoms with Crippen molar-refractivity contribution in [2.75, 3.05) is 18.2 Å². The van der Waals surface area contributed by atoms with Crippen molar-refractivity contribution in [3.05, 3.63) is 58.3 Å². The number of allylic oxidation sites excluding steroid dienone is 2. The number of fused-ring (bicyclic) bond motifs is 1. The molecule has 9 heteroatoms. The Kier molecular flexibility index (Phi) is 7.90. The molecule has 0 aliphatic heterocycles. The van der Waals surface area contributed by atoms with Crippen LogP contribution in [0.2, 0.25) is 0 Å². The first-order chi connectivity index (χ1) is 13.9. The predicted octanol–water partition coefficient (Wildman–Crippen LogP) is 3.25. The van der Waals surface area contributed by atoms with Gasteiger partial charge in [0.2, 0.25) is 17.5 Å². The number of para-hydroxylation sites is 1. The van der Waals surface area contributed by atoms with Crippen LogP contribution in [0, 0.1) is 0 Å². The molecule has 1 aliphatic carbocycles. The Morgan fingerprint density at radius 2 is 1.90 bits per heavy atom. The molecule has 0 unspecified atom stereocenters. The van der Waals surface area contributed by atoms with Gasteiger partial charge in [0.1, 0.15) is 5.69 Å². The third-order valence-corrected chi connectivity index (χ3v) is 4.88. The number of anilines is 1. The first kappa shape index (κ1) is 22.1. The Morgan fingerprint density at radius 3 is 2.48 bits per heavy atom. The summed E-state index contributed by atoms with van der Waals surface area (Å²) in [5.74, 6) is -0.754. The Balaban J connectivity index is 0.000000253. The monoisotopic (exact) mass is 415 g/mol. The highest BCUT2D eigenvalue weighted by Gasteiger charge is 2.34. The van der Waals surface area contributed by atoms with Crippen molar-refractivity contribution in [3.63, 3.8) is 0 Å². The number of aromatic nitrogens is 2. The zero-order chi connectivity index (χ0) is 21.4. The third-order valence-electron chi connectivity index (χ3n) is 3.66. The summed E-state index contributed by atoms with van der Waals surface area (Å²) in [6, 6.07) is 9.37. The molecule has 0 spiro atoms. The van der Waals surface area contributed by atoms with Crippen molar-refractivity contribution in [2.24, 2.45) is 0 Å². The van der Waals surface area contributed by atoms with E-state index >= 15 is 0 Å². The number of rotatable bonds is 5. The molecule has 1 heterocycles.